The van der Waals surface area contributed by atoms with Crippen molar-refractivity contribution >= 4 is 17.7 Å². The topological polar surface area (TPSA) is 0 Å². The molecule has 0 spiro atoms. The number of benzene rings is 1. The molecular formula is C12H15Cl. The number of halogens is 1. The summed E-state index contributed by atoms with van der Waals surface area (Å²) in [6.07, 6.45) is 5.47. The van der Waals surface area contributed by atoms with Crippen LogP contribution in [0.15, 0.2) is 30.3 Å². The van der Waals surface area contributed by atoms with Crippen molar-refractivity contribution in [3.05, 3.63) is 40.9 Å². The lowest BCUT2D eigenvalue weighted by Gasteiger charge is -1.97. The summed E-state index contributed by atoms with van der Waals surface area (Å²) >= 11 is 5.77. The SMILES string of the molecule is CC(C)CC=Cc1ccc(Cl)cc1. The highest BCUT2D eigenvalue weighted by Crippen LogP contribution is 2.11. The first-order chi connectivity index (χ1) is 6.18. The third-order valence-corrected chi connectivity index (χ3v) is 2.04. The first kappa shape index (κ1) is 10.3. The molecule has 0 unspecified atom stereocenters. The van der Waals surface area contributed by atoms with Crippen molar-refractivity contribution < 1.29 is 0 Å². The maximum absolute atomic E-state index is 5.77. The maximum Gasteiger partial charge on any atom is 0.0406 e. The van der Waals surface area contributed by atoms with Crippen LogP contribution in [0.25, 0.3) is 6.08 Å². The first-order valence-electron chi connectivity index (χ1n) is 4.60. The molecule has 0 aromatic heterocycles. The van der Waals surface area contributed by atoms with Crippen molar-refractivity contribution in [3.63, 3.8) is 0 Å². The summed E-state index contributed by atoms with van der Waals surface area (Å²) in [5.41, 5.74) is 1.21. The Morgan fingerprint density at radius 3 is 2.38 bits per heavy atom. The van der Waals surface area contributed by atoms with Crippen molar-refractivity contribution in [2.24, 2.45) is 5.92 Å². The van der Waals surface area contributed by atoms with Crippen molar-refractivity contribution in [2.45, 2.75) is 20.3 Å². The van der Waals surface area contributed by atoms with Crippen LogP contribution in [0.5, 0.6) is 0 Å². The van der Waals surface area contributed by atoms with Crippen LogP contribution in [-0.4, -0.2) is 0 Å². The molecule has 0 bridgehead atoms. The smallest absolute Gasteiger partial charge is 0.0406 e. The van der Waals surface area contributed by atoms with Crippen molar-refractivity contribution in [1.29, 1.82) is 0 Å². The summed E-state index contributed by atoms with van der Waals surface area (Å²) in [5, 5.41) is 0.793. The van der Waals surface area contributed by atoms with Gasteiger partial charge in [0.05, 0.1) is 0 Å². The molecule has 13 heavy (non-hydrogen) atoms. The Morgan fingerprint density at radius 1 is 1.23 bits per heavy atom. The van der Waals surface area contributed by atoms with Gasteiger partial charge in [-0.3, -0.25) is 0 Å². The van der Waals surface area contributed by atoms with E-state index in [-0.39, 0.29) is 0 Å². The fourth-order valence-electron chi connectivity index (χ4n) is 1.05. The van der Waals surface area contributed by atoms with E-state index in [2.05, 4.69) is 26.0 Å². The van der Waals surface area contributed by atoms with Gasteiger partial charge < -0.3 is 0 Å². The Labute approximate surface area is 85.2 Å². The number of hydrogen-bond donors (Lipinski definition) is 0. The summed E-state index contributed by atoms with van der Waals surface area (Å²) in [6, 6.07) is 7.88. The summed E-state index contributed by atoms with van der Waals surface area (Å²) in [6.45, 7) is 4.43. The molecule has 1 rings (SSSR count). The molecule has 0 aliphatic rings. The van der Waals surface area contributed by atoms with Crippen LogP contribution in [0, 0.1) is 5.92 Å². The van der Waals surface area contributed by atoms with Crippen LogP contribution in [0.4, 0.5) is 0 Å². The molecule has 1 heteroatoms. The molecule has 0 saturated heterocycles. The van der Waals surface area contributed by atoms with E-state index in [4.69, 9.17) is 11.6 Å². The maximum atomic E-state index is 5.77. The lowest BCUT2D eigenvalue weighted by atomic mass is 10.1. The van der Waals surface area contributed by atoms with Gasteiger partial charge in [-0.1, -0.05) is 49.7 Å². The van der Waals surface area contributed by atoms with E-state index in [1.54, 1.807) is 0 Å². The van der Waals surface area contributed by atoms with Gasteiger partial charge in [0.1, 0.15) is 0 Å². The van der Waals surface area contributed by atoms with Gasteiger partial charge in [0.2, 0.25) is 0 Å². The van der Waals surface area contributed by atoms with Crippen LogP contribution in [0.3, 0.4) is 0 Å². The van der Waals surface area contributed by atoms with Gasteiger partial charge in [0, 0.05) is 5.02 Å². The average molecular weight is 195 g/mol. The first-order valence-corrected chi connectivity index (χ1v) is 4.98. The molecule has 0 N–H and O–H groups in total. The number of rotatable bonds is 3. The second-order valence-corrected chi connectivity index (χ2v) is 4.02. The Kier molecular flexibility index (Phi) is 4.04. The molecule has 0 nitrogen and oxygen atoms in total. The Morgan fingerprint density at radius 2 is 1.85 bits per heavy atom. The third kappa shape index (κ3) is 4.14. The van der Waals surface area contributed by atoms with Crippen molar-refractivity contribution in [2.75, 3.05) is 0 Å². The van der Waals surface area contributed by atoms with E-state index >= 15 is 0 Å². The van der Waals surface area contributed by atoms with Crippen molar-refractivity contribution in [1.82, 2.24) is 0 Å². The Balaban J connectivity index is 2.54. The Hall–Kier alpha value is -0.750. The standard InChI is InChI=1S/C12H15Cl/c1-10(2)4-3-5-11-6-8-12(13)9-7-11/h3,5-10H,4H2,1-2H3. The highest BCUT2D eigenvalue weighted by atomic mass is 35.5. The average Bonchev–Trinajstić information content (AvgIpc) is 2.08. The summed E-state index contributed by atoms with van der Waals surface area (Å²) in [7, 11) is 0. The van der Waals surface area contributed by atoms with Gasteiger partial charge in [0.25, 0.3) is 0 Å². The van der Waals surface area contributed by atoms with E-state index in [9.17, 15) is 0 Å². The molecule has 0 amide bonds. The van der Waals surface area contributed by atoms with Gasteiger partial charge in [-0.05, 0) is 30.0 Å². The molecule has 0 aliphatic heterocycles. The summed E-state index contributed by atoms with van der Waals surface area (Å²) in [4.78, 5) is 0. The normalized spacial score (nSPS) is 11.4. The minimum Gasteiger partial charge on any atom is -0.0843 e. The highest BCUT2D eigenvalue weighted by Gasteiger charge is 1.89. The molecule has 0 atom stereocenters. The zero-order valence-corrected chi connectivity index (χ0v) is 8.88. The third-order valence-electron chi connectivity index (χ3n) is 1.79. The van der Waals surface area contributed by atoms with E-state index < -0.39 is 0 Å². The number of hydrogen-bond acceptors (Lipinski definition) is 0. The highest BCUT2D eigenvalue weighted by molar-refractivity contribution is 6.30. The van der Waals surface area contributed by atoms with E-state index in [0.717, 1.165) is 17.4 Å². The van der Waals surface area contributed by atoms with Crippen LogP contribution in [-0.2, 0) is 0 Å². The van der Waals surface area contributed by atoms with Crippen LogP contribution in [0.2, 0.25) is 5.02 Å². The van der Waals surface area contributed by atoms with E-state index in [1.165, 1.54) is 5.56 Å². The fraction of sp³-hybridized carbons (Fsp3) is 0.333. The van der Waals surface area contributed by atoms with Gasteiger partial charge >= 0.3 is 0 Å². The lowest BCUT2D eigenvalue weighted by molar-refractivity contribution is 0.665. The molecule has 0 radical (unpaired) electrons. The quantitative estimate of drug-likeness (QED) is 0.669. The van der Waals surface area contributed by atoms with Gasteiger partial charge in [-0.15, -0.1) is 0 Å². The number of allylic oxidation sites excluding steroid dienone is 1. The molecule has 1 aromatic rings. The molecule has 0 aliphatic carbocycles. The lowest BCUT2D eigenvalue weighted by Crippen LogP contribution is -1.81. The second-order valence-electron chi connectivity index (χ2n) is 3.58. The minimum absolute atomic E-state index is 0.726. The Bertz CT molecular complexity index is 270. The van der Waals surface area contributed by atoms with Crippen LogP contribution < -0.4 is 0 Å². The van der Waals surface area contributed by atoms with Crippen molar-refractivity contribution in [3.8, 4) is 0 Å². The van der Waals surface area contributed by atoms with Gasteiger partial charge in [-0.2, -0.15) is 0 Å². The predicted octanol–water partition coefficient (Wildman–Crippen LogP) is 4.40. The molecular weight excluding hydrogens is 180 g/mol. The monoisotopic (exact) mass is 194 g/mol. The van der Waals surface area contributed by atoms with Gasteiger partial charge in [0.15, 0.2) is 0 Å². The molecule has 0 fully saturated rings. The largest absolute Gasteiger partial charge is 0.0843 e. The molecule has 0 saturated carbocycles. The second kappa shape index (κ2) is 5.08. The fourth-order valence-corrected chi connectivity index (χ4v) is 1.18. The summed E-state index contributed by atoms with van der Waals surface area (Å²) in [5.74, 6) is 0.726. The zero-order chi connectivity index (χ0) is 9.68. The minimum atomic E-state index is 0.726. The van der Waals surface area contributed by atoms with Crippen LogP contribution in [0.1, 0.15) is 25.8 Å². The van der Waals surface area contributed by atoms with E-state index in [1.807, 2.05) is 24.3 Å². The van der Waals surface area contributed by atoms with Crippen LogP contribution >= 0.6 is 11.6 Å². The zero-order valence-electron chi connectivity index (χ0n) is 8.13. The molecule has 1 aromatic carbocycles. The summed E-state index contributed by atoms with van der Waals surface area (Å²) < 4.78 is 0. The predicted molar refractivity (Wildman–Crippen MR) is 59.9 cm³/mol. The molecule has 70 valence electrons. The van der Waals surface area contributed by atoms with Gasteiger partial charge in [-0.25, -0.2) is 0 Å². The molecule has 0 heterocycles. The van der Waals surface area contributed by atoms with E-state index in [0.29, 0.717) is 0 Å².